The Bertz CT molecular complexity index is 466. The summed E-state index contributed by atoms with van der Waals surface area (Å²) >= 11 is 0. The van der Waals surface area contributed by atoms with Crippen molar-refractivity contribution in [3.8, 4) is 0 Å². The second-order valence-corrected chi connectivity index (χ2v) is 3.23. The van der Waals surface area contributed by atoms with E-state index in [2.05, 4.69) is 4.74 Å². The van der Waals surface area contributed by atoms with Gasteiger partial charge in [-0.15, -0.1) is 0 Å². The molecule has 0 aliphatic carbocycles. The van der Waals surface area contributed by atoms with Gasteiger partial charge >= 0.3 is 12.1 Å². The molecule has 0 unspecified atom stereocenters. The number of esters is 1. The van der Waals surface area contributed by atoms with E-state index >= 15 is 0 Å². The maximum atomic E-state index is 13.1. The van der Waals surface area contributed by atoms with Crippen molar-refractivity contribution in [2.24, 2.45) is 0 Å². The molecular weight excluding hydrogens is 256 g/mol. The van der Waals surface area contributed by atoms with Gasteiger partial charge < -0.3 is 9.84 Å². The van der Waals surface area contributed by atoms with E-state index in [4.69, 9.17) is 0 Å². The molecule has 0 atom stereocenters. The van der Waals surface area contributed by atoms with Crippen molar-refractivity contribution in [2.45, 2.75) is 6.18 Å². The number of rotatable bonds is 3. The highest BCUT2D eigenvalue weighted by molar-refractivity contribution is 5.89. The molecule has 0 aliphatic rings. The fourth-order valence-corrected chi connectivity index (χ4v) is 1.05. The predicted octanol–water partition coefficient (Wildman–Crippen LogP) is 2.83. The minimum absolute atomic E-state index is 0.304. The number of alkyl halides is 3. The van der Waals surface area contributed by atoms with Crippen LogP contribution in [0.3, 0.4) is 0 Å². The summed E-state index contributed by atoms with van der Waals surface area (Å²) in [4.78, 5) is 10.9. The Morgan fingerprint density at radius 1 is 1.33 bits per heavy atom. The van der Waals surface area contributed by atoms with Crippen molar-refractivity contribution in [1.29, 1.82) is 0 Å². The molecule has 3 nitrogen and oxygen atoms in total. The van der Waals surface area contributed by atoms with Crippen LogP contribution < -0.4 is 0 Å². The van der Waals surface area contributed by atoms with Gasteiger partial charge in [0.15, 0.2) is 6.61 Å². The third-order valence-electron chi connectivity index (χ3n) is 1.78. The van der Waals surface area contributed by atoms with Crippen LogP contribution in [0.25, 0.3) is 5.76 Å². The number of halogens is 4. The number of benzene rings is 1. The molecule has 98 valence electrons. The monoisotopic (exact) mass is 264 g/mol. The van der Waals surface area contributed by atoms with Crippen molar-refractivity contribution < 1.29 is 32.2 Å². The van der Waals surface area contributed by atoms with Gasteiger partial charge in [0, 0.05) is 0 Å². The molecule has 0 spiro atoms. The Labute approximate surface area is 99.3 Å². The molecule has 0 fully saturated rings. The van der Waals surface area contributed by atoms with Crippen molar-refractivity contribution in [3.05, 3.63) is 41.7 Å². The van der Waals surface area contributed by atoms with Crippen LogP contribution in [-0.4, -0.2) is 23.9 Å². The van der Waals surface area contributed by atoms with Gasteiger partial charge in [0.1, 0.15) is 11.6 Å². The summed E-state index contributed by atoms with van der Waals surface area (Å²) in [5, 5.41) is 9.34. The quantitative estimate of drug-likeness (QED) is 0.395. The summed E-state index contributed by atoms with van der Waals surface area (Å²) in [5.74, 6) is -3.02. The van der Waals surface area contributed by atoms with Crippen molar-refractivity contribution >= 4 is 11.7 Å². The average Bonchev–Trinajstić information content (AvgIpc) is 2.26. The summed E-state index contributed by atoms with van der Waals surface area (Å²) in [6, 6.07) is 4.94. The third-order valence-corrected chi connectivity index (χ3v) is 1.78. The summed E-state index contributed by atoms with van der Waals surface area (Å²) < 4.78 is 52.1. The van der Waals surface area contributed by atoms with Gasteiger partial charge in [0.05, 0.1) is 11.6 Å². The van der Waals surface area contributed by atoms with Gasteiger partial charge in [-0.05, 0) is 12.1 Å². The van der Waals surface area contributed by atoms with Crippen LogP contribution in [0.5, 0.6) is 0 Å². The minimum atomic E-state index is -4.66. The summed E-state index contributed by atoms with van der Waals surface area (Å²) in [7, 11) is 0. The third kappa shape index (κ3) is 4.44. The number of hydrogen-bond donors (Lipinski definition) is 1. The highest BCUT2D eigenvalue weighted by atomic mass is 19.4. The van der Waals surface area contributed by atoms with Crippen LogP contribution in [0.4, 0.5) is 17.6 Å². The van der Waals surface area contributed by atoms with E-state index in [1.54, 1.807) is 0 Å². The molecule has 1 aromatic rings. The maximum absolute atomic E-state index is 13.1. The Hall–Kier alpha value is -2.05. The molecule has 0 radical (unpaired) electrons. The Balaban J connectivity index is 2.72. The van der Waals surface area contributed by atoms with Crippen LogP contribution in [0, 0.1) is 5.82 Å². The molecule has 1 aromatic carbocycles. The number of hydrogen-bond acceptors (Lipinski definition) is 3. The zero-order valence-corrected chi connectivity index (χ0v) is 8.87. The van der Waals surface area contributed by atoms with Gasteiger partial charge in [0.2, 0.25) is 0 Å². The van der Waals surface area contributed by atoms with Crippen molar-refractivity contribution in [1.82, 2.24) is 0 Å². The number of carbonyl (C=O) groups is 1. The molecule has 1 rings (SSSR count). The first-order valence-electron chi connectivity index (χ1n) is 4.68. The van der Waals surface area contributed by atoms with Crippen LogP contribution in [-0.2, 0) is 9.53 Å². The van der Waals surface area contributed by atoms with Gasteiger partial charge in [0.25, 0.3) is 0 Å². The van der Waals surface area contributed by atoms with Gasteiger partial charge in [-0.2, -0.15) is 13.2 Å². The van der Waals surface area contributed by atoms with E-state index in [9.17, 15) is 27.5 Å². The normalized spacial score (nSPS) is 12.3. The molecule has 18 heavy (non-hydrogen) atoms. The standard InChI is InChI=1S/C11H8F4O3/c12-8-4-2-1-3-7(8)9(16)5-10(17)18-6-11(13,14)15/h1-5,16H,6H2/b9-5-. The molecule has 0 aromatic heterocycles. The Morgan fingerprint density at radius 3 is 2.50 bits per heavy atom. The van der Waals surface area contributed by atoms with Crippen molar-refractivity contribution in [2.75, 3.05) is 6.61 Å². The summed E-state index contributed by atoms with van der Waals surface area (Å²) in [5.41, 5.74) is -0.304. The lowest BCUT2D eigenvalue weighted by molar-refractivity contribution is -0.182. The molecule has 0 bridgehead atoms. The molecule has 1 N–H and O–H groups in total. The SMILES string of the molecule is O=C(/C=C(\O)c1ccccc1F)OCC(F)(F)F. The lowest BCUT2D eigenvalue weighted by Crippen LogP contribution is -2.19. The molecule has 0 aliphatic heterocycles. The van der Waals surface area contributed by atoms with Crippen LogP contribution in [0.1, 0.15) is 5.56 Å². The number of ether oxygens (including phenoxy) is 1. The topological polar surface area (TPSA) is 46.5 Å². The van der Waals surface area contributed by atoms with E-state index in [1.807, 2.05) is 0 Å². The van der Waals surface area contributed by atoms with Crippen LogP contribution >= 0.6 is 0 Å². The Kier molecular flexibility index (Phi) is 4.30. The van der Waals surface area contributed by atoms with E-state index < -0.39 is 30.3 Å². The highest BCUT2D eigenvalue weighted by Crippen LogP contribution is 2.17. The first-order valence-corrected chi connectivity index (χ1v) is 4.68. The number of carbonyl (C=O) groups excluding carboxylic acids is 1. The fourth-order valence-electron chi connectivity index (χ4n) is 1.05. The zero-order chi connectivity index (χ0) is 13.8. The highest BCUT2D eigenvalue weighted by Gasteiger charge is 2.29. The maximum Gasteiger partial charge on any atom is 0.422 e. The lowest BCUT2D eigenvalue weighted by Gasteiger charge is -2.06. The fraction of sp³-hybridized carbons (Fsp3) is 0.182. The van der Waals surface area contributed by atoms with E-state index in [-0.39, 0.29) is 5.56 Å². The lowest BCUT2D eigenvalue weighted by atomic mass is 10.1. The summed E-state index contributed by atoms with van der Waals surface area (Å²) in [6.07, 6.45) is -4.28. The van der Waals surface area contributed by atoms with Crippen molar-refractivity contribution in [3.63, 3.8) is 0 Å². The molecular formula is C11H8F4O3. The average molecular weight is 264 g/mol. The van der Waals surface area contributed by atoms with E-state index in [0.717, 1.165) is 12.1 Å². The second kappa shape index (κ2) is 5.52. The molecule has 0 heterocycles. The molecule has 0 amide bonds. The van der Waals surface area contributed by atoms with E-state index in [0.29, 0.717) is 6.08 Å². The molecule has 7 heteroatoms. The van der Waals surface area contributed by atoms with Gasteiger partial charge in [-0.3, -0.25) is 0 Å². The molecule has 0 saturated heterocycles. The van der Waals surface area contributed by atoms with Gasteiger partial charge in [-0.1, -0.05) is 12.1 Å². The smallest absolute Gasteiger partial charge is 0.422 e. The molecule has 0 saturated carbocycles. The van der Waals surface area contributed by atoms with E-state index in [1.165, 1.54) is 12.1 Å². The van der Waals surface area contributed by atoms with Crippen LogP contribution in [0.15, 0.2) is 30.3 Å². The zero-order valence-electron chi connectivity index (χ0n) is 8.87. The first kappa shape index (κ1) is 14.0. The predicted molar refractivity (Wildman–Crippen MR) is 54.0 cm³/mol. The largest absolute Gasteiger partial charge is 0.507 e. The van der Waals surface area contributed by atoms with Crippen LogP contribution in [0.2, 0.25) is 0 Å². The number of aliphatic hydroxyl groups is 1. The number of aliphatic hydroxyl groups excluding tert-OH is 1. The first-order chi connectivity index (χ1) is 8.29. The summed E-state index contributed by atoms with van der Waals surface area (Å²) in [6.45, 7) is -1.77. The second-order valence-electron chi connectivity index (χ2n) is 3.23. The Morgan fingerprint density at radius 2 is 1.94 bits per heavy atom. The minimum Gasteiger partial charge on any atom is -0.507 e. The van der Waals surface area contributed by atoms with Gasteiger partial charge in [-0.25, -0.2) is 9.18 Å².